The van der Waals surface area contributed by atoms with Gasteiger partial charge in [-0.05, 0) is 41.8 Å². The molecule has 0 bridgehead atoms. The van der Waals surface area contributed by atoms with Gasteiger partial charge in [-0.3, -0.25) is 0 Å². The zero-order chi connectivity index (χ0) is 23.6. The molecule has 4 rings (SSSR count). The van der Waals surface area contributed by atoms with Gasteiger partial charge in [0.25, 0.3) is 0 Å². The minimum Gasteiger partial charge on any atom is -0.488 e. The highest BCUT2D eigenvalue weighted by Crippen LogP contribution is 2.42. The number of ether oxygens (including phenoxy) is 4. The van der Waals surface area contributed by atoms with Crippen molar-refractivity contribution in [3.63, 3.8) is 0 Å². The maximum Gasteiger partial charge on any atom is 0.224 e. The van der Waals surface area contributed by atoms with Crippen LogP contribution in [0.2, 0.25) is 5.02 Å². The summed E-state index contributed by atoms with van der Waals surface area (Å²) in [5.41, 5.74) is 2.20. The molecule has 2 fully saturated rings. The van der Waals surface area contributed by atoms with Crippen LogP contribution >= 0.6 is 11.6 Å². The molecule has 2 heterocycles. The zero-order valence-corrected chi connectivity index (χ0v) is 19.0. The Kier molecular flexibility index (Phi) is 7.57. The highest BCUT2D eigenvalue weighted by molar-refractivity contribution is 6.31. The molecule has 0 saturated carbocycles. The topological polar surface area (TPSA) is 118 Å². The van der Waals surface area contributed by atoms with Crippen molar-refractivity contribution in [3.05, 3.63) is 64.2 Å². The van der Waals surface area contributed by atoms with Crippen molar-refractivity contribution in [3.8, 4) is 5.75 Å². The highest BCUT2D eigenvalue weighted by Gasteiger charge is 2.57. The molecular formula is C24H29ClO8. The minimum atomic E-state index is -1.72. The highest BCUT2D eigenvalue weighted by atomic mass is 35.5. The summed E-state index contributed by atoms with van der Waals surface area (Å²) in [6, 6.07) is 12.8. The van der Waals surface area contributed by atoms with E-state index < -0.39 is 36.8 Å². The minimum absolute atomic E-state index is 0.0774. The number of methoxy groups -OCH3 is 1. The van der Waals surface area contributed by atoms with Crippen LogP contribution < -0.4 is 4.74 Å². The van der Waals surface area contributed by atoms with Crippen LogP contribution in [0.5, 0.6) is 5.75 Å². The lowest BCUT2D eigenvalue weighted by Gasteiger charge is -2.31. The van der Waals surface area contributed by atoms with Crippen LogP contribution in [0.3, 0.4) is 0 Å². The number of aliphatic hydroxyl groups excluding tert-OH is 4. The summed E-state index contributed by atoms with van der Waals surface area (Å²) in [6.45, 7) is 0.688. The quantitative estimate of drug-likeness (QED) is 0.447. The number of aliphatic hydroxyl groups is 4. The zero-order valence-electron chi connectivity index (χ0n) is 18.3. The molecule has 2 aliphatic rings. The van der Waals surface area contributed by atoms with E-state index in [4.69, 9.17) is 30.5 Å². The summed E-state index contributed by atoms with van der Waals surface area (Å²) in [7, 11) is 1.34. The maximum atomic E-state index is 10.7. The molecule has 180 valence electrons. The van der Waals surface area contributed by atoms with E-state index in [-0.39, 0.29) is 6.10 Å². The van der Waals surface area contributed by atoms with Gasteiger partial charge in [-0.25, -0.2) is 0 Å². The molecule has 0 aliphatic carbocycles. The molecule has 0 amide bonds. The number of halogens is 1. The lowest BCUT2D eigenvalue weighted by molar-refractivity contribution is -0.263. The molecule has 8 nitrogen and oxygen atoms in total. The van der Waals surface area contributed by atoms with Crippen LogP contribution in [0, 0.1) is 0 Å². The third kappa shape index (κ3) is 4.89. The van der Waals surface area contributed by atoms with Crippen LogP contribution in [0.1, 0.15) is 23.1 Å². The Labute approximate surface area is 197 Å². The Bertz CT molecular complexity index is 933. The molecule has 2 aliphatic heterocycles. The second-order valence-corrected chi connectivity index (χ2v) is 8.78. The fourth-order valence-electron chi connectivity index (χ4n) is 4.31. The van der Waals surface area contributed by atoms with E-state index >= 15 is 0 Å². The smallest absolute Gasteiger partial charge is 0.224 e. The largest absolute Gasteiger partial charge is 0.488 e. The molecule has 0 radical (unpaired) electrons. The Hall–Kier alpha value is -1.75. The van der Waals surface area contributed by atoms with E-state index in [1.807, 2.05) is 24.3 Å². The second-order valence-electron chi connectivity index (χ2n) is 8.37. The van der Waals surface area contributed by atoms with Crippen molar-refractivity contribution in [2.24, 2.45) is 0 Å². The fraction of sp³-hybridized carbons (Fsp3) is 0.500. The Morgan fingerprint density at radius 3 is 2.58 bits per heavy atom. The van der Waals surface area contributed by atoms with E-state index in [1.165, 1.54) is 7.11 Å². The van der Waals surface area contributed by atoms with Gasteiger partial charge >= 0.3 is 0 Å². The summed E-state index contributed by atoms with van der Waals surface area (Å²) < 4.78 is 22.5. The van der Waals surface area contributed by atoms with Crippen molar-refractivity contribution in [1.29, 1.82) is 0 Å². The van der Waals surface area contributed by atoms with Gasteiger partial charge in [0, 0.05) is 24.1 Å². The maximum absolute atomic E-state index is 10.7. The summed E-state index contributed by atoms with van der Waals surface area (Å²) in [5.74, 6) is -0.946. The third-order valence-corrected chi connectivity index (χ3v) is 6.56. The van der Waals surface area contributed by atoms with E-state index in [1.54, 1.807) is 18.2 Å². The lowest BCUT2D eigenvalue weighted by Crippen LogP contribution is -2.43. The van der Waals surface area contributed by atoms with Crippen molar-refractivity contribution in [2.45, 2.75) is 49.1 Å². The molecule has 2 unspecified atom stereocenters. The number of hydrogen-bond donors (Lipinski definition) is 4. The van der Waals surface area contributed by atoms with Gasteiger partial charge in [0.05, 0.1) is 19.8 Å². The summed E-state index contributed by atoms with van der Waals surface area (Å²) in [5, 5.41) is 40.9. The van der Waals surface area contributed by atoms with Crippen molar-refractivity contribution >= 4 is 11.6 Å². The normalized spacial score (nSPS) is 30.5. The van der Waals surface area contributed by atoms with Gasteiger partial charge in [-0.2, -0.15) is 0 Å². The fourth-order valence-corrected chi connectivity index (χ4v) is 4.50. The number of benzene rings is 2. The van der Waals surface area contributed by atoms with Crippen molar-refractivity contribution in [2.75, 3.05) is 26.9 Å². The molecule has 2 saturated heterocycles. The Balaban J connectivity index is 1.55. The Morgan fingerprint density at radius 1 is 1.18 bits per heavy atom. The molecule has 33 heavy (non-hydrogen) atoms. The van der Waals surface area contributed by atoms with Gasteiger partial charge < -0.3 is 39.4 Å². The van der Waals surface area contributed by atoms with Gasteiger partial charge in [0.2, 0.25) is 5.79 Å². The monoisotopic (exact) mass is 480 g/mol. The van der Waals surface area contributed by atoms with E-state index in [2.05, 4.69) is 0 Å². The summed E-state index contributed by atoms with van der Waals surface area (Å²) in [4.78, 5) is 0. The average molecular weight is 481 g/mol. The van der Waals surface area contributed by atoms with Crippen LogP contribution in [-0.2, 0) is 26.4 Å². The first-order chi connectivity index (χ1) is 15.9. The first-order valence-corrected chi connectivity index (χ1v) is 11.3. The number of rotatable bonds is 8. The van der Waals surface area contributed by atoms with Crippen molar-refractivity contribution < 1.29 is 39.4 Å². The SMILES string of the molecule is COC1(c2ccc(Cl)c(Cc3ccc(O[C@H]4CCOC4)cc3)c2)O[C@H](C(O)CO)[C@H](O)[C@H]1O. The molecule has 9 heteroatoms. The van der Waals surface area contributed by atoms with Crippen LogP contribution in [-0.4, -0.2) is 77.9 Å². The number of hydrogen-bond acceptors (Lipinski definition) is 8. The van der Waals surface area contributed by atoms with Gasteiger partial charge in [0.15, 0.2) is 0 Å². The molecular weight excluding hydrogens is 452 g/mol. The molecule has 2 aromatic rings. The van der Waals surface area contributed by atoms with Gasteiger partial charge in [0.1, 0.15) is 36.3 Å². The molecule has 0 spiro atoms. The predicted molar refractivity (Wildman–Crippen MR) is 119 cm³/mol. The summed E-state index contributed by atoms with van der Waals surface area (Å²) >= 11 is 6.45. The Morgan fingerprint density at radius 2 is 1.94 bits per heavy atom. The van der Waals surface area contributed by atoms with E-state index in [0.29, 0.717) is 23.6 Å². The average Bonchev–Trinajstić information content (AvgIpc) is 3.43. The first-order valence-electron chi connectivity index (χ1n) is 10.9. The standard InChI is InChI=1S/C24H29ClO8/c1-30-24(23(29)21(28)22(33-24)20(27)12-26)16-4-7-19(25)15(11-16)10-14-2-5-17(6-3-14)32-18-8-9-31-13-18/h2-7,11,18,20-23,26-29H,8-10,12-13H2,1H3/t18-,20?,21-,22+,23+,24?/m0/s1. The van der Waals surface area contributed by atoms with Crippen LogP contribution in [0.15, 0.2) is 42.5 Å². The lowest BCUT2D eigenvalue weighted by atomic mass is 9.94. The molecule has 2 aromatic carbocycles. The van der Waals surface area contributed by atoms with E-state index in [0.717, 1.165) is 29.9 Å². The molecule has 0 aromatic heterocycles. The van der Waals surface area contributed by atoms with E-state index in [9.17, 15) is 20.4 Å². The first kappa shape index (κ1) is 24.4. The third-order valence-electron chi connectivity index (χ3n) is 6.19. The molecule has 6 atom stereocenters. The predicted octanol–water partition coefficient (Wildman–Crippen LogP) is 1.37. The van der Waals surface area contributed by atoms with Gasteiger partial charge in [-0.1, -0.05) is 29.8 Å². The summed E-state index contributed by atoms with van der Waals surface area (Å²) in [6.07, 6.45) is -4.08. The van der Waals surface area contributed by atoms with Crippen molar-refractivity contribution in [1.82, 2.24) is 0 Å². The van der Waals surface area contributed by atoms with Crippen LogP contribution in [0.25, 0.3) is 0 Å². The van der Waals surface area contributed by atoms with Crippen LogP contribution in [0.4, 0.5) is 0 Å². The molecule has 4 N–H and O–H groups in total. The van der Waals surface area contributed by atoms with Gasteiger partial charge in [-0.15, -0.1) is 0 Å². The second kappa shape index (κ2) is 10.2.